The van der Waals surface area contributed by atoms with Gasteiger partial charge in [0.25, 0.3) is 0 Å². The normalized spacial score (nSPS) is 21.4. The second kappa shape index (κ2) is 7.74. The first kappa shape index (κ1) is 21.3. The van der Waals surface area contributed by atoms with Crippen LogP contribution in [-0.4, -0.2) is 46.0 Å². The van der Waals surface area contributed by atoms with Gasteiger partial charge in [-0.3, -0.25) is 9.59 Å². The summed E-state index contributed by atoms with van der Waals surface area (Å²) in [4.78, 5) is 42.3. The van der Waals surface area contributed by atoms with Crippen molar-refractivity contribution in [2.75, 3.05) is 28.3 Å². The molecule has 7 rings (SSSR count). The number of carbonyl (C=O) groups excluding carboxylic acids is 2. The van der Waals surface area contributed by atoms with Gasteiger partial charge in [0.1, 0.15) is 12.3 Å². The lowest BCUT2D eigenvalue weighted by molar-refractivity contribution is -0.121. The zero-order valence-electron chi connectivity index (χ0n) is 20.0. The molecule has 1 aliphatic carbocycles. The van der Waals surface area contributed by atoms with E-state index in [0.717, 1.165) is 54.6 Å². The molecule has 2 amide bonds. The second-order valence-corrected chi connectivity index (χ2v) is 10.2. The molecule has 3 aromatic rings. The highest BCUT2D eigenvalue weighted by Crippen LogP contribution is 2.58. The molecule has 182 valence electrons. The average molecular weight is 483 g/mol. The summed E-state index contributed by atoms with van der Waals surface area (Å²) in [6.45, 7) is 3.31. The van der Waals surface area contributed by atoms with Crippen molar-refractivity contribution in [3.63, 3.8) is 0 Å². The van der Waals surface area contributed by atoms with E-state index in [2.05, 4.69) is 20.3 Å². The highest BCUT2D eigenvalue weighted by molar-refractivity contribution is 6.04. The number of ether oxygens (including phenoxy) is 1. The molecule has 1 atom stereocenters. The molecular weight excluding hydrogens is 456 g/mol. The Morgan fingerprint density at radius 2 is 1.92 bits per heavy atom. The van der Waals surface area contributed by atoms with Crippen LogP contribution in [0, 0.1) is 12.3 Å². The maximum Gasteiger partial charge on any atom is 0.238 e. The lowest BCUT2D eigenvalue weighted by Gasteiger charge is -2.31. The number of carbonyl (C=O) groups is 2. The fraction of sp³-hybridized carbons (Fsp3) is 0.370. The van der Waals surface area contributed by atoms with Crippen LogP contribution in [-0.2, 0) is 9.59 Å². The van der Waals surface area contributed by atoms with Gasteiger partial charge in [-0.05, 0) is 61.9 Å². The molecule has 9 nitrogen and oxygen atoms in total. The van der Waals surface area contributed by atoms with Gasteiger partial charge in [0, 0.05) is 36.6 Å². The fourth-order valence-corrected chi connectivity index (χ4v) is 5.75. The Labute approximate surface area is 208 Å². The number of pyridine rings is 1. The fourth-order valence-electron chi connectivity index (χ4n) is 5.75. The largest absolute Gasteiger partial charge is 0.474 e. The van der Waals surface area contributed by atoms with Gasteiger partial charge in [0.15, 0.2) is 0 Å². The summed E-state index contributed by atoms with van der Waals surface area (Å²) >= 11 is 0. The zero-order chi connectivity index (χ0) is 24.4. The van der Waals surface area contributed by atoms with Gasteiger partial charge in [-0.1, -0.05) is 6.07 Å². The van der Waals surface area contributed by atoms with Crippen molar-refractivity contribution in [1.29, 1.82) is 0 Å². The van der Waals surface area contributed by atoms with E-state index in [-0.39, 0.29) is 23.3 Å². The number of rotatable bonds is 4. The maximum absolute atomic E-state index is 13.0. The lowest BCUT2D eigenvalue weighted by atomic mass is 10.0. The van der Waals surface area contributed by atoms with Gasteiger partial charge in [-0.15, -0.1) is 0 Å². The van der Waals surface area contributed by atoms with Crippen molar-refractivity contribution in [3.05, 3.63) is 48.4 Å². The summed E-state index contributed by atoms with van der Waals surface area (Å²) in [7, 11) is 0. The third-order valence-electron chi connectivity index (χ3n) is 7.84. The molecule has 4 aliphatic rings. The molecule has 5 heterocycles. The van der Waals surface area contributed by atoms with Crippen LogP contribution in [0.15, 0.2) is 42.9 Å². The van der Waals surface area contributed by atoms with E-state index < -0.39 is 0 Å². The summed E-state index contributed by atoms with van der Waals surface area (Å²) in [5.74, 6) is 1.32. The molecule has 0 radical (unpaired) electrons. The van der Waals surface area contributed by atoms with E-state index >= 15 is 0 Å². The van der Waals surface area contributed by atoms with E-state index in [9.17, 15) is 9.59 Å². The third-order valence-corrected chi connectivity index (χ3v) is 7.84. The molecule has 1 aromatic carbocycles. The molecule has 1 saturated carbocycles. The zero-order valence-corrected chi connectivity index (χ0v) is 20.0. The lowest BCUT2D eigenvalue weighted by Crippen LogP contribution is -2.41. The van der Waals surface area contributed by atoms with Gasteiger partial charge in [0.05, 0.1) is 23.3 Å². The Bertz CT molecular complexity index is 1400. The van der Waals surface area contributed by atoms with Gasteiger partial charge >= 0.3 is 0 Å². The van der Waals surface area contributed by atoms with Crippen molar-refractivity contribution in [3.8, 4) is 17.0 Å². The quantitative estimate of drug-likeness (QED) is 0.600. The van der Waals surface area contributed by atoms with Crippen LogP contribution in [0.5, 0.6) is 5.88 Å². The average Bonchev–Trinajstić information content (AvgIpc) is 3.44. The Balaban J connectivity index is 1.10. The van der Waals surface area contributed by atoms with Crippen molar-refractivity contribution < 1.29 is 14.3 Å². The highest BCUT2D eigenvalue weighted by Gasteiger charge is 2.60. The number of hydrogen-bond donors (Lipinski definition) is 1. The summed E-state index contributed by atoms with van der Waals surface area (Å²) in [6, 6.07) is 8.03. The van der Waals surface area contributed by atoms with Crippen LogP contribution in [0.3, 0.4) is 0 Å². The molecule has 0 bridgehead atoms. The minimum Gasteiger partial charge on any atom is -0.474 e. The smallest absolute Gasteiger partial charge is 0.238 e. The van der Waals surface area contributed by atoms with Gasteiger partial charge in [-0.25, -0.2) is 15.0 Å². The molecule has 3 fully saturated rings. The number of nitrogens with zero attached hydrogens (tertiary/aromatic N) is 5. The Hall–Kier alpha value is -4.01. The number of aryl methyl sites for hydroxylation is 1. The standard InChI is InChI=1S/C27H26N6O3/c1-16-9-19(32-8-2-3-23(32)34)4-5-21(16)17-12-29-26(30-13-17)31-18-10-22-24(28-14-18)36-15-20-11-27(6-7-27)25(35)33(20)22/h4-5,9-10,12-14,20H,2-3,6-8,11,15H2,1H3,(H,29,30,31)/t20-/m0/s1. The highest BCUT2D eigenvalue weighted by atomic mass is 16.5. The molecule has 3 aliphatic heterocycles. The van der Waals surface area contributed by atoms with Crippen LogP contribution >= 0.6 is 0 Å². The first-order chi connectivity index (χ1) is 17.5. The summed E-state index contributed by atoms with van der Waals surface area (Å²) in [6.07, 6.45) is 9.57. The number of anilines is 4. The molecule has 36 heavy (non-hydrogen) atoms. The van der Waals surface area contributed by atoms with Crippen LogP contribution in [0.2, 0.25) is 0 Å². The Morgan fingerprint density at radius 3 is 2.64 bits per heavy atom. The first-order valence-corrected chi connectivity index (χ1v) is 12.5. The van der Waals surface area contributed by atoms with Crippen LogP contribution < -0.4 is 19.9 Å². The van der Waals surface area contributed by atoms with Gasteiger partial charge in [0.2, 0.25) is 23.6 Å². The van der Waals surface area contributed by atoms with E-state index in [1.165, 1.54) is 0 Å². The van der Waals surface area contributed by atoms with Crippen molar-refractivity contribution in [1.82, 2.24) is 15.0 Å². The molecule has 1 N–H and O–H groups in total. The Kier molecular flexibility index (Phi) is 4.58. The first-order valence-electron chi connectivity index (χ1n) is 12.5. The Morgan fingerprint density at radius 1 is 1.08 bits per heavy atom. The topological polar surface area (TPSA) is 101 Å². The van der Waals surface area contributed by atoms with E-state index in [1.54, 1.807) is 18.6 Å². The van der Waals surface area contributed by atoms with E-state index in [1.807, 2.05) is 41.0 Å². The van der Waals surface area contributed by atoms with E-state index in [0.29, 0.717) is 36.2 Å². The van der Waals surface area contributed by atoms with Crippen molar-refractivity contribution >= 4 is 34.8 Å². The number of aromatic nitrogens is 3. The van der Waals surface area contributed by atoms with E-state index in [4.69, 9.17) is 4.74 Å². The number of amides is 2. The summed E-state index contributed by atoms with van der Waals surface area (Å²) < 4.78 is 5.85. The summed E-state index contributed by atoms with van der Waals surface area (Å²) in [5.41, 5.74) is 5.17. The minimum atomic E-state index is -0.168. The molecule has 0 unspecified atom stereocenters. The SMILES string of the molecule is Cc1cc(N2CCCC2=O)ccc1-c1cnc(Nc2cnc3c(c2)N2C(=O)C4(CC4)C[C@H]2CO3)nc1. The molecule has 2 saturated heterocycles. The second-order valence-electron chi connectivity index (χ2n) is 10.2. The molecule has 2 aromatic heterocycles. The maximum atomic E-state index is 13.0. The van der Waals surface area contributed by atoms with Crippen LogP contribution in [0.4, 0.5) is 23.0 Å². The summed E-state index contributed by atoms with van der Waals surface area (Å²) in [5, 5.41) is 3.21. The van der Waals surface area contributed by atoms with Crippen LogP contribution in [0.1, 0.15) is 37.7 Å². The third kappa shape index (κ3) is 3.33. The predicted octanol–water partition coefficient (Wildman–Crippen LogP) is 4.00. The van der Waals surface area contributed by atoms with Gasteiger partial charge < -0.3 is 19.9 Å². The monoisotopic (exact) mass is 482 g/mol. The predicted molar refractivity (Wildman–Crippen MR) is 134 cm³/mol. The minimum absolute atomic E-state index is 0.0818. The number of benzene rings is 1. The van der Waals surface area contributed by atoms with Crippen LogP contribution in [0.25, 0.3) is 11.1 Å². The molecule has 1 spiro atoms. The number of fused-ring (bicyclic) bond motifs is 3. The van der Waals surface area contributed by atoms with Crippen molar-refractivity contribution in [2.24, 2.45) is 5.41 Å². The molecular formula is C27H26N6O3. The molecule has 9 heteroatoms. The number of nitrogens with one attached hydrogen (secondary N) is 1. The van der Waals surface area contributed by atoms with Gasteiger partial charge in [-0.2, -0.15) is 0 Å². The number of hydrogen-bond acceptors (Lipinski definition) is 7. The van der Waals surface area contributed by atoms with Crippen molar-refractivity contribution in [2.45, 2.75) is 45.1 Å².